The molecule has 1 aliphatic rings. The summed E-state index contributed by atoms with van der Waals surface area (Å²) in [4.78, 5) is 12.1. The Morgan fingerprint density at radius 3 is 2.95 bits per heavy atom. The predicted octanol–water partition coefficient (Wildman–Crippen LogP) is -1.33. The molecule has 4 atom stereocenters. The summed E-state index contributed by atoms with van der Waals surface area (Å²) < 4.78 is 12.5. The second-order valence-corrected chi connectivity index (χ2v) is 4.52. The number of nitrogen functional groups attached to an aromatic ring is 1. The lowest BCUT2D eigenvalue weighted by atomic mass is 10.1. The molecular weight excluding hydrogens is 266 g/mol. The van der Waals surface area contributed by atoms with Gasteiger partial charge in [-0.15, -0.1) is 0 Å². The van der Waals surface area contributed by atoms with Crippen LogP contribution in [0.5, 0.6) is 0 Å². The number of nitrogens with zero attached hydrogens (tertiary/aromatic N) is 4. The predicted molar refractivity (Wildman–Crippen MR) is 67.5 cm³/mol. The maximum Gasteiger partial charge on any atom is 0.167 e. The first-order valence-electron chi connectivity index (χ1n) is 6.07. The Balaban J connectivity index is 2.04. The van der Waals surface area contributed by atoms with Crippen LogP contribution in [0.3, 0.4) is 0 Å². The smallest absolute Gasteiger partial charge is 0.167 e. The first-order valence-corrected chi connectivity index (χ1v) is 6.07. The van der Waals surface area contributed by atoms with Gasteiger partial charge in [-0.25, -0.2) is 15.0 Å². The summed E-state index contributed by atoms with van der Waals surface area (Å²) in [6, 6.07) is 0. The highest BCUT2D eigenvalue weighted by atomic mass is 16.6. The third kappa shape index (κ3) is 1.83. The van der Waals surface area contributed by atoms with Crippen molar-refractivity contribution in [1.82, 2.24) is 19.5 Å². The Morgan fingerprint density at radius 1 is 1.45 bits per heavy atom. The number of imidazole rings is 1. The molecule has 0 unspecified atom stereocenters. The molecule has 0 aromatic carbocycles. The van der Waals surface area contributed by atoms with Crippen LogP contribution in [0.4, 0.5) is 5.82 Å². The molecule has 3 rings (SSSR count). The molecule has 108 valence electrons. The van der Waals surface area contributed by atoms with E-state index in [0.29, 0.717) is 11.2 Å². The summed E-state index contributed by atoms with van der Waals surface area (Å²) in [6.07, 6.45) is -0.119. The fourth-order valence-electron chi connectivity index (χ4n) is 2.40. The number of aliphatic hydroxyl groups is 2. The lowest BCUT2D eigenvalue weighted by Gasteiger charge is -2.19. The Bertz CT molecular complexity index is 618. The topological polar surface area (TPSA) is 129 Å². The Kier molecular flexibility index (Phi) is 3.26. The van der Waals surface area contributed by atoms with Crippen LogP contribution in [-0.2, 0) is 9.47 Å². The summed E-state index contributed by atoms with van der Waals surface area (Å²) in [6.45, 7) is -0.304. The van der Waals surface area contributed by atoms with Crippen LogP contribution in [-0.4, -0.2) is 61.8 Å². The van der Waals surface area contributed by atoms with Crippen LogP contribution >= 0.6 is 0 Å². The second kappa shape index (κ2) is 4.94. The standard InChI is InChI=1S/C11H15N5O4/c1-19-8-7(18)5(2-17)20-11(8)16-4-15-6-9(12)13-3-14-10(6)16/h3-5,7-8,11,17-18H,2H2,1H3,(H2,12,13,14)/t5-,7+,8+,11-/m0/s1. The van der Waals surface area contributed by atoms with Crippen molar-refractivity contribution in [2.75, 3.05) is 19.5 Å². The average Bonchev–Trinajstić information content (AvgIpc) is 3.00. The van der Waals surface area contributed by atoms with Crippen molar-refractivity contribution in [2.24, 2.45) is 0 Å². The minimum atomic E-state index is -0.938. The van der Waals surface area contributed by atoms with E-state index in [9.17, 15) is 10.2 Å². The molecule has 2 aromatic rings. The minimum absolute atomic E-state index is 0.264. The normalized spacial score (nSPS) is 30.1. The maximum atomic E-state index is 10.0. The zero-order valence-corrected chi connectivity index (χ0v) is 10.7. The molecule has 0 radical (unpaired) electrons. The lowest BCUT2D eigenvalue weighted by molar-refractivity contribution is -0.0583. The van der Waals surface area contributed by atoms with Gasteiger partial charge in [0, 0.05) is 7.11 Å². The molecule has 0 aliphatic carbocycles. The van der Waals surface area contributed by atoms with Crippen molar-refractivity contribution in [3.05, 3.63) is 12.7 Å². The number of nitrogens with two attached hydrogens (primary N) is 1. The van der Waals surface area contributed by atoms with Crippen LogP contribution in [0.15, 0.2) is 12.7 Å². The van der Waals surface area contributed by atoms with E-state index in [4.69, 9.17) is 15.2 Å². The SMILES string of the molecule is CO[C@@H]1[C@H](O)[C@H](CO)O[C@@H]1n1cnc2c(N)ncnc21. The van der Waals surface area contributed by atoms with Crippen LogP contribution in [0.25, 0.3) is 11.2 Å². The van der Waals surface area contributed by atoms with Gasteiger partial charge in [0.15, 0.2) is 17.7 Å². The van der Waals surface area contributed by atoms with Gasteiger partial charge in [-0.3, -0.25) is 4.57 Å². The van der Waals surface area contributed by atoms with Crippen LogP contribution < -0.4 is 5.73 Å². The van der Waals surface area contributed by atoms with Crippen molar-refractivity contribution >= 4 is 17.0 Å². The lowest BCUT2D eigenvalue weighted by Crippen LogP contribution is -2.34. The maximum absolute atomic E-state index is 10.0. The highest BCUT2D eigenvalue weighted by Crippen LogP contribution is 2.33. The van der Waals surface area contributed by atoms with E-state index < -0.39 is 24.5 Å². The molecule has 3 heterocycles. The summed E-state index contributed by atoms with van der Waals surface area (Å²) in [5, 5.41) is 19.3. The Labute approximate surface area is 114 Å². The van der Waals surface area contributed by atoms with E-state index in [2.05, 4.69) is 15.0 Å². The highest BCUT2D eigenvalue weighted by Gasteiger charge is 2.45. The van der Waals surface area contributed by atoms with Crippen molar-refractivity contribution in [2.45, 2.75) is 24.5 Å². The summed E-state index contributed by atoms with van der Waals surface area (Å²) in [7, 11) is 1.46. The van der Waals surface area contributed by atoms with Gasteiger partial charge < -0.3 is 25.4 Å². The molecule has 0 amide bonds. The van der Waals surface area contributed by atoms with Crippen LogP contribution in [0.1, 0.15) is 6.23 Å². The van der Waals surface area contributed by atoms with Gasteiger partial charge in [0.1, 0.15) is 30.2 Å². The highest BCUT2D eigenvalue weighted by molar-refractivity contribution is 5.81. The van der Waals surface area contributed by atoms with E-state index >= 15 is 0 Å². The van der Waals surface area contributed by atoms with Crippen molar-refractivity contribution in [3.8, 4) is 0 Å². The first kappa shape index (κ1) is 13.2. The number of aromatic nitrogens is 4. The molecule has 0 spiro atoms. The number of rotatable bonds is 3. The number of hydrogen-bond donors (Lipinski definition) is 3. The molecular formula is C11H15N5O4. The Hall–Kier alpha value is -1.81. The third-order valence-corrected chi connectivity index (χ3v) is 3.43. The van der Waals surface area contributed by atoms with Gasteiger partial charge in [-0.05, 0) is 0 Å². The zero-order chi connectivity index (χ0) is 14.3. The quantitative estimate of drug-likeness (QED) is 0.631. The van der Waals surface area contributed by atoms with E-state index in [-0.39, 0.29) is 12.4 Å². The van der Waals surface area contributed by atoms with Gasteiger partial charge in [0.25, 0.3) is 0 Å². The van der Waals surface area contributed by atoms with Gasteiger partial charge in [0.2, 0.25) is 0 Å². The van der Waals surface area contributed by atoms with E-state index in [1.807, 2.05) is 0 Å². The molecule has 4 N–H and O–H groups in total. The van der Waals surface area contributed by atoms with Crippen molar-refractivity contribution < 1.29 is 19.7 Å². The van der Waals surface area contributed by atoms with Crippen molar-refractivity contribution in [1.29, 1.82) is 0 Å². The molecule has 1 aliphatic heterocycles. The fraction of sp³-hybridized carbons (Fsp3) is 0.545. The number of hydrogen-bond acceptors (Lipinski definition) is 8. The summed E-state index contributed by atoms with van der Waals surface area (Å²) in [5.41, 5.74) is 6.66. The van der Waals surface area contributed by atoms with E-state index in [0.717, 1.165) is 0 Å². The van der Waals surface area contributed by atoms with Gasteiger partial charge in [0.05, 0.1) is 12.9 Å². The number of fused-ring (bicyclic) bond motifs is 1. The minimum Gasteiger partial charge on any atom is -0.394 e. The van der Waals surface area contributed by atoms with Gasteiger partial charge in [-0.2, -0.15) is 0 Å². The third-order valence-electron chi connectivity index (χ3n) is 3.43. The van der Waals surface area contributed by atoms with Crippen LogP contribution in [0.2, 0.25) is 0 Å². The van der Waals surface area contributed by atoms with E-state index in [1.165, 1.54) is 19.8 Å². The number of ether oxygens (including phenoxy) is 2. The van der Waals surface area contributed by atoms with Crippen LogP contribution in [0, 0.1) is 0 Å². The molecule has 20 heavy (non-hydrogen) atoms. The first-order chi connectivity index (χ1) is 9.67. The number of aliphatic hydroxyl groups excluding tert-OH is 2. The summed E-state index contributed by atoms with van der Waals surface area (Å²) in [5.74, 6) is 0.264. The number of anilines is 1. The zero-order valence-electron chi connectivity index (χ0n) is 10.7. The molecule has 0 bridgehead atoms. The fourth-order valence-corrected chi connectivity index (χ4v) is 2.40. The molecule has 1 saturated heterocycles. The van der Waals surface area contributed by atoms with Crippen molar-refractivity contribution in [3.63, 3.8) is 0 Å². The monoisotopic (exact) mass is 281 g/mol. The molecule has 9 heteroatoms. The largest absolute Gasteiger partial charge is 0.394 e. The summed E-state index contributed by atoms with van der Waals surface area (Å²) >= 11 is 0. The number of methoxy groups -OCH3 is 1. The molecule has 2 aromatic heterocycles. The Morgan fingerprint density at radius 2 is 2.25 bits per heavy atom. The van der Waals surface area contributed by atoms with Gasteiger partial charge >= 0.3 is 0 Å². The second-order valence-electron chi connectivity index (χ2n) is 4.52. The molecule has 9 nitrogen and oxygen atoms in total. The van der Waals surface area contributed by atoms with Gasteiger partial charge in [-0.1, -0.05) is 0 Å². The average molecular weight is 281 g/mol. The van der Waals surface area contributed by atoms with E-state index in [1.54, 1.807) is 4.57 Å². The molecule has 0 saturated carbocycles. The molecule has 1 fully saturated rings.